The van der Waals surface area contributed by atoms with Gasteiger partial charge in [0, 0.05) is 19.1 Å². The molecule has 1 aromatic carbocycles. The molecule has 1 atom stereocenters. The van der Waals surface area contributed by atoms with Crippen LogP contribution in [0.2, 0.25) is 0 Å². The van der Waals surface area contributed by atoms with Crippen molar-refractivity contribution in [3.8, 4) is 11.5 Å². The Bertz CT molecular complexity index is 425. The Morgan fingerprint density at radius 2 is 2.05 bits per heavy atom. The highest BCUT2D eigenvalue weighted by Crippen LogP contribution is 2.24. The van der Waals surface area contributed by atoms with Crippen molar-refractivity contribution in [3.63, 3.8) is 0 Å². The molecule has 0 saturated carbocycles. The Labute approximate surface area is 117 Å². The summed E-state index contributed by atoms with van der Waals surface area (Å²) in [7, 11) is 4.61. The van der Waals surface area contributed by atoms with Gasteiger partial charge >= 0.3 is 0 Å². The summed E-state index contributed by atoms with van der Waals surface area (Å²) in [6.45, 7) is 0.355. The first-order chi connectivity index (χ1) is 9.15. The van der Waals surface area contributed by atoms with Crippen molar-refractivity contribution in [1.29, 1.82) is 0 Å². The van der Waals surface area contributed by atoms with Crippen LogP contribution >= 0.6 is 11.6 Å². The van der Waals surface area contributed by atoms with Crippen LogP contribution in [0.4, 0.5) is 0 Å². The topological polar surface area (TPSA) is 56.8 Å². The van der Waals surface area contributed by atoms with Gasteiger partial charge in [-0.25, -0.2) is 0 Å². The Morgan fingerprint density at radius 3 is 2.58 bits per heavy atom. The fourth-order valence-corrected chi connectivity index (χ4v) is 1.74. The predicted octanol–water partition coefficient (Wildman–Crippen LogP) is 1.69. The number of benzene rings is 1. The van der Waals surface area contributed by atoms with Crippen LogP contribution in [-0.4, -0.2) is 45.8 Å². The Hall–Kier alpha value is -1.46. The molecule has 19 heavy (non-hydrogen) atoms. The van der Waals surface area contributed by atoms with Crippen molar-refractivity contribution in [2.24, 2.45) is 0 Å². The van der Waals surface area contributed by atoms with Gasteiger partial charge in [-0.3, -0.25) is 4.79 Å². The van der Waals surface area contributed by atoms with Crippen LogP contribution in [0.15, 0.2) is 18.2 Å². The number of hydrogen-bond donors (Lipinski definition) is 1. The van der Waals surface area contributed by atoms with Gasteiger partial charge in [0.05, 0.1) is 32.4 Å². The van der Waals surface area contributed by atoms with Gasteiger partial charge in [-0.15, -0.1) is 11.6 Å². The standard InChI is InChI=1S/C13H18ClNO4/c1-17-8-9(7-14)15-13(16)11-5-4-10(18-2)6-12(11)19-3/h4-6,9H,7-8H2,1-3H3,(H,15,16). The molecule has 0 spiro atoms. The minimum atomic E-state index is -0.262. The fraction of sp³-hybridized carbons (Fsp3) is 0.462. The Morgan fingerprint density at radius 1 is 1.32 bits per heavy atom. The highest BCUT2D eigenvalue weighted by atomic mass is 35.5. The molecule has 106 valence electrons. The number of amides is 1. The summed E-state index contributed by atoms with van der Waals surface area (Å²) in [5, 5.41) is 2.78. The van der Waals surface area contributed by atoms with Gasteiger partial charge in [0.25, 0.3) is 5.91 Å². The van der Waals surface area contributed by atoms with Gasteiger partial charge in [-0.2, -0.15) is 0 Å². The lowest BCUT2D eigenvalue weighted by atomic mass is 10.1. The molecular weight excluding hydrogens is 270 g/mol. The van der Waals surface area contributed by atoms with E-state index in [9.17, 15) is 4.79 Å². The van der Waals surface area contributed by atoms with E-state index in [-0.39, 0.29) is 17.8 Å². The first-order valence-corrected chi connectivity index (χ1v) is 6.27. The molecule has 1 rings (SSSR count). The third-order valence-corrected chi connectivity index (χ3v) is 2.92. The summed E-state index contributed by atoms with van der Waals surface area (Å²) in [4.78, 5) is 12.1. The average Bonchev–Trinajstić information content (AvgIpc) is 2.45. The van der Waals surface area contributed by atoms with Crippen molar-refractivity contribution in [3.05, 3.63) is 23.8 Å². The molecule has 0 radical (unpaired) electrons. The highest BCUT2D eigenvalue weighted by Gasteiger charge is 2.17. The zero-order valence-corrected chi connectivity index (χ0v) is 12.0. The van der Waals surface area contributed by atoms with Gasteiger partial charge < -0.3 is 19.5 Å². The minimum absolute atomic E-state index is 0.244. The van der Waals surface area contributed by atoms with Crippen molar-refractivity contribution in [2.45, 2.75) is 6.04 Å². The van der Waals surface area contributed by atoms with E-state index < -0.39 is 0 Å². The number of carbonyl (C=O) groups is 1. The number of hydrogen-bond acceptors (Lipinski definition) is 4. The first-order valence-electron chi connectivity index (χ1n) is 5.74. The molecule has 1 amide bonds. The van der Waals surface area contributed by atoms with Gasteiger partial charge in [0.2, 0.25) is 0 Å². The molecule has 6 heteroatoms. The molecular formula is C13H18ClNO4. The second kappa shape index (κ2) is 7.86. The maximum absolute atomic E-state index is 12.1. The quantitative estimate of drug-likeness (QED) is 0.776. The zero-order valence-electron chi connectivity index (χ0n) is 11.2. The fourth-order valence-electron chi connectivity index (χ4n) is 1.58. The predicted molar refractivity (Wildman–Crippen MR) is 73.4 cm³/mol. The Kier molecular flexibility index (Phi) is 6.45. The number of carbonyl (C=O) groups excluding carboxylic acids is 1. The molecule has 0 heterocycles. The third kappa shape index (κ3) is 4.29. The molecule has 1 unspecified atom stereocenters. The van der Waals surface area contributed by atoms with Crippen LogP contribution < -0.4 is 14.8 Å². The summed E-state index contributed by atoms with van der Waals surface area (Å²) in [5.41, 5.74) is 0.425. The molecule has 1 N–H and O–H groups in total. The zero-order chi connectivity index (χ0) is 14.3. The molecule has 0 bridgehead atoms. The van der Waals surface area contributed by atoms with E-state index in [1.807, 2.05) is 0 Å². The van der Waals surface area contributed by atoms with Crippen molar-refractivity contribution in [2.75, 3.05) is 33.8 Å². The smallest absolute Gasteiger partial charge is 0.255 e. The Balaban J connectivity index is 2.86. The second-order valence-electron chi connectivity index (χ2n) is 3.85. The van der Waals surface area contributed by atoms with Crippen molar-refractivity contribution >= 4 is 17.5 Å². The van der Waals surface area contributed by atoms with Crippen LogP contribution in [0.3, 0.4) is 0 Å². The number of alkyl halides is 1. The monoisotopic (exact) mass is 287 g/mol. The molecule has 5 nitrogen and oxygen atoms in total. The SMILES string of the molecule is COCC(CCl)NC(=O)c1ccc(OC)cc1OC. The molecule has 0 fully saturated rings. The molecule has 0 aliphatic heterocycles. The lowest BCUT2D eigenvalue weighted by Gasteiger charge is -2.16. The molecule has 0 saturated heterocycles. The van der Waals surface area contributed by atoms with E-state index in [1.54, 1.807) is 32.4 Å². The molecule has 0 aliphatic carbocycles. The summed E-state index contributed by atoms with van der Waals surface area (Å²) in [6.07, 6.45) is 0. The minimum Gasteiger partial charge on any atom is -0.497 e. The van der Waals surface area contributed by atoms with Gasteiger partial charge in [0.1, 0.15) is 11.5 Å². The number of nitrogens with one attached hydrogen (secondary N) is 1. The van der Waals surface area contributed by atoms with E-state index in [1.165, 1.54) is 7.11 Å². The third-order valence-electron chi connectivity index (χ3n) is 2.54. The largest absolute Gasteiger partial charge is 0.497 e. The van der Waals surface area contributed by atoms with E-state index in [4.69, 9.17) is 25.8 Å². The van der Waals surface area contributed by atoms with Gasteiger partial charge in [0.15, 0.2) is 0 Å². The lowest BCUT2D eigenvalue weighted by molar-refractivity contribution is 0.0904. The molecule has 1 aromatic rings. The average molecular weight is 288 g/mol. The van der Waals surface area contributed by atoms with E-state index >= 15 is 0 Å². The van der Waals surface area contributed by atoms with Gasteiger partial charge in [-0.05, 0) is 12.1 Å². The number of methoxy groups -OCH3 is 3. The van der Waals surface area contributed by atoms with Gasteiger partial charge in [-0.1, -0.05) is 0 Å². The first kappa shape index (κ1) is 15.6. The van der Waals surface area contributed by atoms with E-state index in [2.05, 4.69) is 5.32 Å². The number of halogens is 1. The summed E-state index contributed by atoms with van der Waals surface area (Å²) in [6, 6.07) is 4.75. The summed E-state index contributed by atoms with van der Waals surface area (Å²) < 4.78 is 15.2. The normalized spacial score (nSPS) is 11.8. The highest BCUT2D eigenvalue weighted by molar-refractivity contribution is 6.18. The van der Waals surface area contributed by atoms with Crippen LogP contribution in [0.5, 0.6) is 11.5 Å². The summed E-state index contributed by atoms with van der Waals surface area (Å²) in [5.74, 6) is 1.09. The van der Waals surface area contributed by atoms with Crippen LogP contribution in [0.25, 0.3) is 0 Å². The van der Waals surface area contributed by atoms with Crippen LogP contribution in [0.1, 0.15) is 10.4 Å². The maximum Gasteiger partial charge on any atom is 0.255 e. The maximum atomic E-state index is 12.1. The molecule has 0 aliphatic rings. The summed E-state index contributed by atoms with van der Waals surface area (Å²) >= 11 is 5.75. The van der Waals surface area contributed by atoms with E-state index in [0.717, 1.165) is 0 Å². The van der Waals surface area contributed by atoms with E-state index in [0.29, 0.717) is 23.7 Å². The van der Waals surface area contributed by atoms with Crippen molar-refractivity contribution < 1.29 is 19.0 Å². The lowest BCUT2D eigenvalue weighted by Crippen LogP contribution is -2.39. The van der Waals surface area contributed by atoms with Crippen molar-refractivity contribution in [1.82, 2.24) is 5.32 Å². The molecule has 0 aromatic heterocycles. The number of ether oxygens (including phenoxy) is 3. The van der Waals surface area contributed by atoms with Crippen LogP contribution in [0, 0.1) is 0 Å². The van der Waals surface area contributed by atoms with Crippen LogP contribution in [-0.2, 0) is 4.74 Å². The number of rotatable bonds is 7. The second-order valence-corrected chi connectivity index (χ2v) is 4.15.